The van der Waals surface area contributed by atoms with Crippen molar-refractivity contribution in [3.8, 4) is 0 Å². The van der Waals surface area contributed by atoms with E-state index in [-0.39, 0.29) is 92.0 Å². The first-order chi connectivity index (χ1) is 27.7. The predicted octanol–water partition coefficient (Wildman–Crippen LogP) is 8.15. The van der Waals surface area contributed by atoms with Crippen molar-refractivity contribution in [1.29, 1.82) is 0 Å². The fourth-order valence-corrected chi connectivity index (χ4v) is 7.26. The fourth-order valence-electron chi connectivity index (χ4n) is 7.26. The molecule has 0 aromatic heterocycles. The van der Waals surface area contributed by atoms with Gasteiger partial charge in [0.15, 0.2) is 0 Å². The van der Waals surface area contributed by atoms with Gasteiger partial charge in [-0.15, -0.1) is 23.2 Å². The molecule has 3 aliphatic rings. The Bertz CT molecular complexity index is 1180. The second-order valence-corrected chi connectivity index (χ2v) is 15.1. The molecule has 5 rings (SSSR count). The summed E-state index contributed by atoms with van der Waals surface area (Å²) in [6.45, 7) is 0.476. The molecular formula is C44H70Cl2F2NNaO9. The number of carboxylic acids is 1. The van der Waals surface area contributed by atoms with Gasteiger partial charge in [0.2, 0.25) is 0 Å². The summed E-state index contributed by atoms with van der Waals surface area (Å²) in [7, 11) is 1.00. The molecule has 5 N–H and O–H groups in total. The quantitative estimate of drug-likeness (QED) is 0.0670. The molecule has 0 amide bonds. The smallest absolute Gasteiger partial charge is 0.553 e. The third-order valence-corrected chi connectivity index (χ3v) is 10.6. The molecule has 0 bridgehead atoms. The number of carbonyl (C=O) groups is 3. The first-order valence-electron chi connectivity index (χ1n) is 19.9. The number of aliphatic hydroxyl groups excluding tert-OH is 2. The third-order valence-electron chi connectivity index (χ3n) is 10.6. The Balaban J connectivity index is -0.000000743. The second-order valence-electron chi connectivity index (χ2n) is 14.2. The van der Waals surface area contributed by atoms with Gasteiger partial charge in [-0.3, -0.25) is 23.2 Å². The first-order valence-corrected chi connectivity index (χ1v) is 21.0. The minimum atomic E-state index is -0.686. The van der Waals surface area contributed by atoms with Crippen LogP contribution in [0.1, 0.15) is 115 Å². The summed E-state index contributed by atoms with van der Waals surface area (Å²) in [6, 6.07) is 19.5. The van der Waals surface area contributed by atoms with Crippen LogP contribution in [0.2, 0.25) is 0 Å². The van der Waals surface area contributed by atoms with E-state index in [0.29, 0.717) is 43.8 Å². The maximum absolute atomic E-state index is 12.3. The number of carbonyl (C=O) groups excluding carboxylic acids is 2. The number of carboxylic acid groups (broad SMARTS) is 1. The van der Waals surface area contributed by atoms with E-state index in [1.54, 1.807) is 0 Å². The zero-order chi connectivity index (χ0) is 42.7. The van der Waals surface area contributed by atoms with Gasteiger partial charge >= 0.3 is 47.5 Å². The summed E-state index contributed by atoms with van der Waals surface area (Å²) >= 11 is 9.53. The van der Waals surface area contributed by atoms with Crippen LogP contribution in [0.4, 0.5) is 8.78 Å². The topological polar surface area (TPSA) is 174 Å². The molecule has 10 nitrogen and oxygen atoms in total. The number of halogens is 4. The number of ether oxygens (including phenoxy) is 2. The SMILES string of the molecule is C.CO.ClCCl.O=C(O)C1CCC(CCF)CC1.O=C(OCc1ccccc1)C1CCC(CCF)CC1.O=C(OCc1ccccc1)C1CCC(CCO)CC1.[NH-]O.[Na+]. The van der Waals surface area contributed by atoms with E-state index < -0.39 is 5.97 Å². The fraction of sp³-hybridized carbons (Fsp3) is 0.659. The molecule has 0 heterocycles. The average Bonchev–Trinajstić information content (AvgIpc) is 3.26. The molecule has 2 aromatic carbocycles. The number of alkyl halides is 4. The number of hydrogen-bond donors (Lipinski definition) is 4. The van der Waals surface area contributed by atoms with E-state index in [0.717, 1.165) is 102 Å². The van der Waals surface area contributed by atoms with Crippen LogP contribution in [-0.4, -0.2) is 70.8 Å². The number of nitrogens with one attached hydrogen (secondary N) is 1. The minimum Gasteiger partial charge on any atom is -0.553 e. The maximum Gasteiger partial charge on any atom is 1.00 e. The molecule has 2 aromatic rings. The van der Waals surface area contributed by atoms with Crippen LogP contribution in [0.3, 0.4) is 0 Å². The van der Waals surface area contributed by atoms with E-state index in [2.05, 4.69) is 0 Å². The van der Waals surface area contributed by atoms with E-state index in [1.807, 2.05) is 60.7 Å². The van der Waals surface area contributed by atoms with Crippen LogP contribution in [0.5, 0.6) is 0 Å². The van der Waals surface area contributed by atoms with Crippen molar-refractivity contribution in [3.63, 3.8) is 0 Å². The van der Waals surface area contributed by atoms with Crippen LogP contribution in [0.15, 0.2) is 60.7 Å². The average molecular weight is 889 g/mol. The molecule has 0 unspecified atom stereocenters. The molecular weight excluding hydrogens is 818 g/mol. The van der Waals surface area contributed by atoms with Crippen molar-refractivity contribution < 1.29 is 82.7 Å². The Morgan fingerprint density at radius 2 is 0.898 bits per heavy atom. The number of aliphatic carboxylic acids is 1. The van der Waals surface area contributed by atoms with Gasteiger partial charge in [-0.25, -0.2) is 0 Å². The van der Waals surface area contributed by atoms with E-state index in [4.69, 9.17) is 59.1 Å². The van der Waals surface area contributed by atoms with Crippen molar-refractivity contribution in [3.05, 3.63) is 77.7 Å². The zero-order valence-electron chi connectivity index (χ0n) is 34.4. The summed E-state index contributed by atoms with van der Waals surface area (Å²) in [4.78, 5) is 34.4. The predicted molar refractivity (Wildman–Crippen MR) is 227 cm³/mol. The molecule has 0 radical (unpaired) electrons. The Kier molecular flexibility index (Phi) is 43.2. The van der Waals surface area contributed by atoms with Crippen molar-refractivity contribution in [2.24, 2.45) is 35.5 Å². The van der Waals surface area contributed by atoms with Gasteiger partial charge in [0.1, 0.15) is 13.2 Å². The molecule has 59 heavy (non-hydrogen) atoms. The Hall–Kier alpha value is -1.87. The molecule has 0 spiro atoms. The van der Waals surface area contributed by atoms with Crippen molar-refractivity contribution in [2.75, 3.05) is 32.4 Å². The zero-order valence-corrected chi connectivity index (χ0v) is 37.9. The summed E-state index contributed by atoms with van der Waals surface area (Å²) < 4.78 is 34.9. The van der Waals surface area contributed by atoms with Crippen LogP contribution < -0.4 is 29.6 Å². The van der Waals surface area contributed by atoms with Crippen LogP contribution in [0, 0.1) is 35.5 Å². The Labute approximate surface area is 384 Å². The molecule has 0 atom stereocenters. The summed E-state index contributed by atoms with van der Waals surface area (Å²) in [6.07, 6.45) is 12.8. The minimum absolute atomic E-state index is 0. The van der Waals surface area contributed by atoms with Crippen molar-refractivity contribution >= 4 is 41.1 Å². The van der Waals surface area contributed by atoms with Gasteiger partial charge < -0.3 is 35.9 Å². The van der Waals surface area contributed by atoms with E-state index >= 15 is 0 Å². The van der Waals surface area contributed by atoms with Crippen molar-refractivity contribution in [2.45, 2.75) is 117 Å². The van der Waals surface area contributed by atoms with Crippen LogP contribution in [-0.2, 0) is 37.1 Å². The summed E-state index contributed by atoms with van der Waals surface area (Å²) in [5, 5.41) is 31.0. The third kappa shape index (κ3) is 29.1. The molecule has 334 valence electrons. The number of hydrogen-bond acceptors (Lipinski definition) is 8. The second kappa shape index (κ2) is 41.5. The largest absolute Gasteiger partial charge is 1.00 e. The molecule has 0 aliphatic heterocycles. The maximum atomic E-state index is 12.3. The monoisotopic (exact) mass is 887 g/mol. The standard InChI is InChI=1S/C16H21FO2.C16H22O3.C9H15FO2.CH2Cl2.CH4O.CH4.H2NO.Na/c2*17-11-10-13-6-8-15(9-7-13)16(18)19-12-14-4-2-1-3-5-14;10-6-5-7-1-3-8(4-2-7)9(11)12;2-1-3;1-2;;1-2;/h1-5,13,15H,6-12H2;1-5,13,15,17H,6-12H2;7-8H,1-6H2,(H,11,12);1H2;2H,1H3;1H4;1-2H;/q;;;;;;-1;+1. The number of benzene rings is 2. The van der Waals surface area contributed by atoms with E-state index in [1.165, 1.54) is 0 Å². The first kappa shape index (κ1) is 61.4. The van der Waals surface area contributed by atoms with Gasteiger partial charge in [0.05, 0.1) is 36.4 Å². The van der Waals surface area contributed by atoms with Crippen LogP contribution in [0.25, 0.3) is 5.90 Å². The van der Waals surface area contributed by atoms with Gasteiger partial charge in [0.25, 0.3) is 0 Å². The normalized spacial score (nSPS) is 21.4. The van der Waals surface area contributed by atoms with Gasteiger partial charge in [-0.1, -0.05) is 68.1 Å². The van der Waals surface area contributed by atoms with Gasteiger partial charge in [-0.2, -0.15) is 0 Å². The summed E-state index contributed by atoms with van der Waals surface area (Å²) in [5.74, 6) is 5.29. The summed E-state index contributed by atoms with van der Waals surface area (Å²) in [5.41, 5.74) is 2.05. The Morgan fingerprint density at radius 1 is 0.610 bits per heavy atom. The number of aliphatic hydroxyl groups is 2. The molecule has 3 fully saturated rings. The molecule has 3 aliphatic carbocycles. The van der Waals surface area contributed by atoms with E-state index in [9.17, 15) is 23.2 Å². The number of esters is 2. The van der Waals surface area contributed by atoms with Crippen LogP contribution >= 0.6 is 23.2 Å². The van der Waals surface area contributed by atoms with Gasteiger partial charge in [0, 0.05) is 13.7 Å². The van der Waals surface area contributed by atoms with Gasteiger partial charge in [-0.05, 0) is 125 Å². The molecule has 3 saturated carbocycles. The molecule has 0 saturated heterocycles. The van der Waals surface area contributed by atoms with Crippen molar-refractivity contribution in [1.82, 2.24) is 0 Å². The molecule has 15 heteroatoms. The number of rotatable bonds is 13. The Morgan fingerprint density at radius 3 is 1.17 bits per heavy atom.